The molecule has 28 heavy (non-hydrogen) atoms. The number of hydrogen-bond acceptors (Lipinski definition) is 4. The number of aryl methyl sites for hydroxylation is 1. The van der Waals surface area contributed by atoms with Crippen molar-refractivity contribution < 1.29 is 14.4 Å². The van der Waals surface area contributed by atoms with Gasteiger partial charge < -0.3 is 15.1 Å². The molecular formula is C22H23N3O3. The van der Waals surface area contributed by atoms with Crippen LogP contribution in [0.2, 0.25) is 0 Å². The van der Waals surface area contributed by atoms with E-state index in [4.69, 9.17) is 0 Å². The van der Waals surface area contributed by atoms with Crippen molar-refractivity contribution in [2.75, 3.05) is 36.4 Å². The van der Waals surface area contributed by atoms with Gasteiger partial charge in [-0.25, -0.2) is 0 Å². The number of fused-ring (bicyclic) bond motifs is 1. The summed E-state index contributed by atoms with van der Waals surface area (Å²) in [4.78, 5) is 39.9. The highest BCUT2D eigenvalue weighted by Crippen LogP contribution is 2.25. The molecule has 2 aromatic rings. The van der Waals surface area contributed by atoms with Crippen molar-refractivity contribution in [3.05, 3.63) is 59.2 Å². The van der Waals surface area contributed by atoms with E-state index in [0.717, 1.165) is 30.0 Å². The lowest BCUT2D eigenvalue weighted by Gasteiger charge is -2.36. The third-order valence-electron chi connectivity index (χ3n) is 5.45. The molecule has 1 N–H and O–H groups in total. The number of piperazine rings is 1. The van der Waals surface area contributed by atoms with Crippen molar-refractivity contribution >= 4 is 29.0 Å². The minimum atomic E-state index is 0.0269. The minimum Gasteiger partial charge on any atom is -0.368 e. The minimum absolute atomic E-state index is 0.0269. The van der Waals surface area contributed by atoms with Crippen molar-refractivity contribution in [2.45, 2.75) is 19.8 Å². The number of benzene rings is 2. The second-order valence-electron chi connectivity index (χ2n) is 7.30. The van der Waals surface area contributed by atoms with Gasteiger partial charge in [0.05, 0.1) is 0 Å². The normalized spacial score (nSPS) is 16.4. The maximum Gasteiger partial charge on any atom is 0.253 e. The summed E-state index contributed by atoms with van der Waals surface area (Å²) in [6.45, 7) is 4.38. The Morgan fingerprint density at radius 2 is 1.57 bits per heavy atom. The maximum absolute atomic E-state index is 12.9. The first kappa shape index (κ1) is 18.2. The standard InChI is InChI=1S/C22H23N3O3/c1-15(26)16-2-6-19(7-3-16)24-10-12-25(13-11-24)22(28)18-4-8-20-17(14-18)5-9-21(27)23-20/h2-4,6-8,14H,5,9-13H2,1H3,(H,23,27). The van der Waals surface area contributed by atoms with Crippen molar-refractivity contribution in [2.24, 2.45) is 0 Å². The fourth-order valence-electron chi connectivity index (χ4n) is 3.77. The molecule has 144 valence electrons. The number of carbonyl (C=O) groups is 3. The van der Waals surface area contributed by atoms with Crippen LogP contribution in [-0.2, 0) is 11.2 Å². The largest absolute Gasteiger partial charge is 0.368 e. The van der Waals surface area contributed by atoms with E-state index in [1.165, 1.54) is 0 Å². The van der Waals surface area contributed by atoms with E-state index in [1.54, 1.807) is 13.0 Å². The summed E-state index contributed by atoms with van der Waals surface area (Å²) in [7, 11) is 0. The summed E-state index contributed by atoms with van der Waals surface area (Å²) in [5.41, 5.74) is 4.29. The smallest absolute Gasteiger partial charge is 0.253 e. The molecule has 0 radical (unpaired) electrons. The summed E-state index contributed by atoms with van der Waals surface area (Å²) < 4.78 is 0. The predicted octanol–water partition coefficient (Wildman–Crippen LogP) is 2.74. The first-order chi connectivity index (χ1) is 13.5. The van der Waals surface area contributed by atoms with Crippen LogP contribution in [0.15, 0.2) is 42.5 Å². The van der Waals surface area contributed by atoms with Crippen molar-refractivity contribution in [3.8, 4) is 0 Å². The van der Waals surface area contributed by atoms with Gasteiger partial charge >= 0.3 is 0 Å². The van der Waals surface area contributed by atoms with E-state index in [9.17, 15) is 14.4 Å². The van der Waals surface area contributed by atoms with Crippen LogP contribution in [0.5, 0.6) is 0 Å². The molecule has 2 aliphatic heterocycles. The van der Waals surface area contributed by atoms with Crippen LogP contribution in [0.4, 0.5) is 11.4 Å². The number of hydrogen-bond donors (Lipinski definition) is 1. The Balaban J connectivity index is 1.40. The Hall–Kier alpha value is -3.15. The van der Waals surface area contributed by atoms with Gasteiger partial charge in [-0.3, -0.25) is 14.4 Å². The van der Waals surface area contributed by atoms with Gasteiger partial charge in [0.15, 0.2) is 5.78 Å². The molecule has 0 aliphatic carbocycles. The molecule has 0 bridgehead atoms. The Morgan fingerprint density at radius 3 is 2.25 bits per heavy atom. The highest BCUT2D eigenvalue weighted by atomic mass is 16.2. The summed E-state index contributed by atoms with van der Waals surface area (Å²) in [6, 6.07) is 13.1. The molecule has 1 saturated heterocycles. The van der Waals surface area contributed by atoms with E-state index >= 15 is 0 Å². The fourth-order valence-corrected chi connectivity index (χ4v) is 3.77. The number of nitrogens with zero attached hydrogens (tertiary/aromatic N) is 2. The van der Waals surface area contributed by atoms with Crippen LogP contribution >= 0.6 is 0 Å². The number of nitrogens with one attached hydrogen (secondary N) is 1. The van der Waals surface area contributed by atoms with Crippen LogP contribution in [0.3, 0.4) is 0 Å². The van der Waals surface area contributed by atoms with Crippen LogP contribution in [0.25, 0.3) is 0 Å². The van der Waals surface area contributed by atoms with Gasteiger partial charge in [0.25, 0.3) is 5.91 Å². The van der Waals surface area contributed by atoms with E-state index in [0.29, 0.717) is 37.1 Å². The number of rotatable bonds is 3. The van der Waals surface area contributed by atoms with Crippen LogP contribution < -0.4 is 10.2 Å². The maximum atomic E-state index is 12.9. The molecule has 0 unspecified atom stereocenters. The van der Waals surface area contributed by atoms with Gasteiger partial charge in [0.2, 0.25) is 5.91 Å². The van der Waals surface area contributed by atoms with Gasteiger partial charge in [0, 0.05) is 55.1 Å². The quantitative estimate of drug-likeness (QED) is 0.835. The molecule has 0 atom stereocenters. The summed E-state index contributed by atoms with van der Waals surface area (Å²) in [5, 5.41) is 2.85. The topological polar surface area (TPSA) is 69.7 Å². The third-order valence-corrected chi connectivity index (χ3v) is 5.45. The van der Waals surface area contributed by atoms with Crippen molar-refractivity contribution in [3.63, 3.8) is 0 Å². The van der Waals surface area contributed by atoms with Crippen LogP contribution in [0, 0.1) is 0 Å². The first-order valence-electron chi connectivity index (χ1n) is 9.59. The molecule has 0 spiro atoms. The number of ketones is 1. The average molecular weight is 377 g/mol. The van der Waals surface area contributed by atoms with Crippen molar-refractivity contribution in [1.29, 1.82) is 0 Å². The highest BCUT2D eigenvalue weighted by Gasteiger charge is 2.24. The van der Waals surface area contributed by atoms with Crippen LogP contribution in [0.1, 0.15) is 39.6 Å². The SMILES string of the molecule is CC(=O)c1ccc(N2CCN(C(=O)c3ccc4c(c3)CCC(=O)N4)CC2)cc1. The summed E-state index contributed by atoms with van der Waals surface area (Å²) in [6.07, 6.45) is 1.14. The van der Waals surface area contributed by atoms with Gasteiger partial charge in [-0.1, -0.05) is 0 Å². The summed E-state index contributed by atoms with van der Waals surface area (Å²) in [5.74, 6) is 0.122. The zero-order valence-corrected chi connectivity index (χ0v) is 15.9. The van der Waals surface area contributed by atoms with Gasteiger partial charge in [0.1, 0.15) is 0 Å². The lowest BCUT2D eigenvalue weighted by Crippen LogP contribution is -2.48. The Labute approximate surface area is 164 Å². The molecule has 0 aromatic heterocycles. The second-order valence-corrected chi connectivity index (χ2v) is 7.30. The molecule has 6 heteroatoms. The predicted molar refractivity (Wildman–Crippen MR) is 108 cm³/mol. The molecule has 0 saturated carbocycles. The fraction of sp³-hybridized carbons (Fsp3) is 0.318. The van der Waals surface area contributed by atoms with E-state index < -0.39 is 0 Å². The molecule has 2 heterocycles. The number of anilines is 2. The van der Waals surface area contributed by atoms with Crippen LogP contribution in [-0.4, -0.2) is 48.7 Å². The summed E-state index contributed by atoms with van der Waals surface area (Å²) >= 11 is 0. The molecular weight excluding hydrogens is 354 g/mol. The monoisotopic (exact) mass is 377 g/mol. The van der Waals surface area contributed by atoms with E-state index in [2.05, 4.69) is 10.2 Å². The Bertz CT molecular complexity index is 929. The lowest BCUT2D eigenvalue weighted by molar-refractivity contribution is -0.116. The number of amides is 2. The zero-order chi connectivity index (χ0) is 19.7. The second kappa shape index (κ2) is 7.46. The number of Topliss-reactive ketones (excluding diaryl/α,β-unsaturated/α-hetero) is 1. The Morgan fingerprint density at radius 1 is 0.893 bits per heavy atom. The molecule has 2 amide bonds. The Kier molecular flexibility index (Phi) is 4.86. The van der Waals surface area contributed by atoms with Crippen molar-refractivity contribution in [1.82, 2.24) is 4.90 Å². The average Bonchev–Trinajstić information content (AvgIpc) is 2.73. The number of carbonyl (C=O) groups excluding carboxylic acids is 3. The zero-order valence-electron chi connectivity index (χ0n) is 15.9. The highest BCUT2D eigenvalue weighted by molar-refractivity contribution is 5.98. The first-order valence-corrected chi connectivity index (χ1v) is 9.59. The molecule has 1 fully saturated rings. The molecule has 2 aromatic carbocycles. The van der Waals surface area contributed by atoms with Gasteiger partial charge in [-0.15, -0.1) is 0 Å². The third kappa shape index (κ3) is 3.63. The van der Waals surface area contributed by atoms with Gasteiger partial charge in [-0.05, 0) is 61.4 Å². The molecule has 6 nitrogen and oxygen atoms in total. The van der Waals surface area contributed by atoms with Gasteiger partial charge in [-0.2, -0.15) is 0 Å². The molecule has 4 rings (SSSR count). The van der Waals surface area contributed by atoms with E-state index in [1.807, 2.05) is 41.3 Å². The molecule has 2 aliphatic rings. The van der Waals surface area contributed by atoms with E-state index in [-0.39, 0.29) is 17.6 Å². The lowest BCUT2D eigenvalue weighted by atomic mass is 10.00.